The molecule has 1 atom stereocenters. The molecular weight excluding hydrogens is 390 g/mol. The van der Waals surface area contributed by atoms with E-state index < -0.39 is 6.10 Å². The molecule has 0 bridgehead atoms. The number of rotatable bonds is 9. The number of aliphatic imine (C=N–C) groups is 1. The first kappa shape index (κ1) is 22.4. The monoisotopic (exact) mass is 421 g/mol. The Hall–Kier alpha value is -3.32. The Kier molecular flexibility index (Phi) is 8.06. The zero-order valence-electron chi connectivity index (χ0n) is 18.3. The molecule has 0 saturated carbocycles. The van der Waals surface area contributed by atoms with Crippen molar-refractivity contribution in [3.05, 3.63) is 78.1 Å². The second-order valence-electron chi connectivity index (χ2n) is 7.41. The Morgan fingerprint density at radius 2 is 1.81 bits per heavy atom. The maximum absolute atomic E-state index is 10.5. The highest BCUT2D eigenvalue weighted by Crippen LogP contribution is 2.18. The van der Waals surface area contributed by atoms with E-state index in [0.29, 0.717) is 19.0 Å². The van der Waals surface area contributed by atoms with Crippen LogP contribution in [-0.4, -0.2) is 40.0 Å². The number of ether oxygens (including phenoxy) is 1. The van der Waals surface area contributed by atoms with E-state index in [9.17, 15) is 5.11 Å². The van der Waals surface area contributed by atoms with Gasteiger partial charge in [-0.3, -0.25) is 0 Å². The van der Waals surface area contributed by atoms with Crippen molar-refractivity contribution in [3.63, 3.8) is 0 Å². The van der Waals surface area contributed by atoms with E-state index in [1.807, 2.05) is 92.3 Å². The van der Waals surface area contributed by atoms with Crippen LogP contribution in [0, 0.1) is 0 Å². The minimum atomic E-state index is -0.658. The smallest absolute Gasteiger partial charge is 0.191 e. The van der Waals surface area contributed by atoms with Gasteiger partial charge in [-0.25, -0.2) is 9.67 Å². The number of guanidine groups is 1. The summed E-state index contributed by atoms with van der Waals surface area (Å²) in [4.78, 5) is 4.59. The Bertz CT molecular complexity index is 952. The van der Waals surface area contributed by atoms with E-state index in [4.69, 9.17) is 4.74 Å². The van der Waals surface area contributed by atoms with Gasteiger partial charge in [0.05, 0.1) is 30.1 Å². The zero-order valence-corrected chi connectivity index (χ0v) is 18.3. The fourth-order valence-electron chi connectivity index (χ4n) is 3.02. The average Bonchev–Trinajstić information content (AvgIpc) is 3.25. The molecule has 0 aliphatic carbocycles. The maximum Gasteiger partial charge on any atom is 0.191 e. The molecule has 3 aromatic rings. The minimum Gasteiger partial charge on any atom is -0.491 e. The highest BCUT2D eigenvalue weighted by Gasteiger charge is 2.09. The molecule has 31 heavy (non-hydrogen) atoms. The number of aliphatic hydroxyl groups is 1. The van der Waals surface area contributed by atoms with Crippen molar-refractivity contribution in [3.8, 4) is 11.4 Å². The Balaban J connectivity index is 1.56. The van der Waals surface area contributed by atoms with Gasteiger partial charge < -0.3 is 20.5 Å². The number of aliphatic hydroxyl groups excluding tert-OH is 1. The number of nitrogens with zero attached hydrogens (tertiary/aromatic N) is 3. The molecule has 1 aromatic heterocycles. The van der Waals surface area contributed by atoms with Crippen molar-refractivity contribution < 1.29 is 9.84 Å². The summed E-state index contributed by atoms with van der Waals surface area (Å²) in [5.41, 5.74) is 2.69. The normalized spacial score (nSPS) is 12.6. The molecular formula is C24H31N5O2. The quantitative estimate of drug-likeness (QED) is 0.364. The minimum absolute atomic E-state index is 0.121. The highest BCUT2D eigenvalue weighted by molar-refractivity contribution is 5.79. The molecule has 0 spiro atoms. The molecule has 0 saturated heterocycles. The molecule has 3 N–H and O–H groups in total. The number of hydrogen-bond donors (Lipinski definition) is 3. The van der Waals surface area contributed by atoms with Crippen molar-refractivity contribution in [2.75, 3.05) is 13.1 Å². The predicted molar refractivity (Wildman–Crippen MR) is 124 cm³/mol. The molecule has 1 unspecified atom stereocenters. The summed E-state index contributed by atoms with van der Waals surface area (Å²) < 4.78 is 7.48. The van der Waals surface area contributed by atoms with E-state index in [1.165, 1.54) is 0 Å². The van der Waals surface area contributed by atoms with Gasteiger partial charge in [0.25, 0.3) is 0 Å². The Labute approximate surface area is 183 Å². The summed E-state index contributed by atoms with van der Waals surface area (Å²) in [5, 5.41) is 21.5. The van der Waals surface area contributed by atoms with Gasteiger partial charge in [-0.15, -0.1) is 0 Å². The standard InChI is InChI=1S/C24H31N5O2/c1-4-25-24(26-16-20-14-15-29(28-20)21-8-6-5-7-9-21)27-17-23(30)19-10-12-22(13-11-19)31-18(2)3/h5-15,18,23,30H,4,16-17H2,1-3H3,(H2,25,26,27). The molecule has 1 heterocycles. The van der Waals surface area contributed by atoms with Crippen molar-refractivity contribution in [2.45, 2.75) is 39.5 Å². The van der Waals surface area contributed by atoms with Gasteiger partial charge in [0.2, 0.25) is 0 Å². The zero-order chi connectivity index (χ0) is 22.1. The number of hydrogen-bond acceptors (Lipinski definition) is 4. The SMILES string of the molecule is CCNC(=NCc1ccn(-c2ccccc2)n1)NCC(O)c1ccc(OC(C)C)cc1. The lowest BCUT2D eigenvalue weighted by atomic mass is 10.1. The molecule has 0 amide bonds. The summed E-state index contributed by atoms with van der Waals surface area (Å²) in [7, 11) is 0. The Morgan fingerprint density at radius 3 is 2.48 bits per heavy atom. The van der Waals surface area contributed by atoms with E-state index >= 15 is 0 Å². The van der Waals surface area contributed by atoms with E-state index in [-0.39, 0.29) is 6.10 Å². The second-order valence-corrected chi connectivity index (χ2v) is 7.41. The third-order valence-electron chi connectivity index (χ3n) is 4.51. The van der Waals surface area contributed by atoms with Crippen molar-refractivity contribution >= 4 is 5.96 Å². The predicted octanol–water partition coefficient (Wildman–Crippen LogP) is 3.45. The molecule has 0 aliphatic heterocycles. The molecule has 7 nitrogen and oxygen atoms in total. The summed E-state index contributed by atoms with van der Waals surface area (Å²) in [5.74, 6) is 1.43. The molecule has 7 heteroatoms. The van der Waals surface area contributed by atoms with E-state index in [2.05, 4.69) is 20.7 Å². The van der Waals surface area contributed by atoms with Crippen LogP contribution in [0.2, 0.25) is 0 Å². The summed E-state index contributed by atoms with van der Waals surface area (Å²) in [6.07, 6.45) is 1.39. The molecule has 0 fully saturated rings. The van der Waals surface area contributed by atoms with Crippen molar-refractivity contribution in [1.29, 1.82) is 0 Å². The first-order valence-electron chi connectivity index (χ1n) is 10.6. The van der Waals surface area contributed by atoms with Gasteiger partial charge >= 0.3 is 0 Å². The van der Waals surface area contributed by atoms with Crippen LogP contribution in [0.1, 0.15) is 38.1 Å². The fourth-order valence-corrected chi connectivity index (χ4v) is 3.02. The van der Waals surface area contributed by atoms with Crippen LogP contribution in [0.5, 0.6) is 5.75 Å². The summed E-state index contributed by atoms with van der Waals surface area (Å²) in [6.45, 7) is 7.48. The number of aromatic nitrogens is 2. The lowest BCUT2D eigenvalue weighted by Gasteiger charge is -2.16. The van der Waals surface area contributed by atoms with Gasteiger partial charge in [-0.05, 0) is 56.7 Å². The first-order chi connectivity index (χ1) is 15.0. The molecule has 3 rings (SSSR count). The van der Waals surface area contributed by atoms with Crippen LogP contribution in [-0.2, 0) is 6.54 Å². The molecule has 2 aromatic carbocycles. The number of nitrogens with one attached hydrogen (secondary N) is 2. The first-order valence-corrected chi connectivity index (χ1v) is 10.6. The second kappa shape index (κ2) is 11.2. The third-order valence-corrected chi connectivity index (χ3v) is 4.51. The van der Waals surface area contributed by atoms with E-state index in [0.717, 1.165) is 29.2 Å². The van der Waals surface area contributed by atoms with Gasteiger partial charge in [0.1, 0.15) is 5.75 Å². The average molecular weight is 422 g/mol. The topological polar surface area (TPSA) is 83.7 Å². The fraction of sp³-hybridized carbons (Fsp3) is 0.333. The van der Waals surface area contributed by atoms with E-state index in [1.54, 1.807) is 0 Å². The van der Waals surface area contributed by atoms with Crippen molar-refractivity contribution in [1.82, 2.24) is 20.4 Å². The number of para-hydroxylation sites is 1. The van der Waals surface area contributed by atoms with Crippen LogP contribution in [0.25, 0.3) is 5.69 Å². The largest absolute Gasteiger partial charge is 0.491 e. The van der Waals surface area contributed by atoms with Crippen molar-refractivity contribution in [2.24, 2.45) is 4.99 Å². The van der Waals surface area contributed by atoms with Crippen LogP contribution in [0.4, 0.5) is 0 Å². The molecule has 164 valence electrons. The van der Waals surface area contributed by atoms with Gasteiger partial charge in [-0.1, -0.05) is 30.3 Å². The summed E-state index contributed by atoms with van der Waals surface area (Å²) in [6, 6.07) is 19.4. The molecule has 0 radical (unpaired) electrons. The van der Waals surface area contributed by atoms with Crippen LogP contribution in [0.3, 0.4) is 0 Å². The van der Waals surface area contributed by atoms with Gasteiger partial charge in [0.15, 0.2) is 5.96 Å². The highest BCUT2D eigenvalue weighted by atomic mass is 16.5. The Morgan fingerprint density at radius 1 is 1.06 bits per heavy atom. The lowest BCUT2D eigenvalue weighted by Crippen LogP contribution is -2.39. The summed E-state index contributed by atoms with van der Waals surface area (Å²) >= 11 is 0. The van der Waals surface area contributed by atoms with Crippen LogP contribution < -0.4 is 15.4 Å². The van der Waals surface area contributed by atoms with Gasteiger partial charge in [0, 0.05) is 19.3 Å². The van der Waals surface area contributed by atoms with Crippen LogP contribution in [0.15, 0.2) is 71.9 Å². The molecule has 0 aliphatic rings. The maximum atomic E-state index is 10.5. The third kappa shape index (κ3) is 6.86. The van der Waals surface area contributed by atoms with Gasteiger partial charge in [-0.2, -0.15) is 5.10 Å². The van der Waals surface area contributed by atoms with Crippen LogP contribution >= 0.6 is 0 Å². The number of benzene rings is 2. The lowest BCUT2D eigenvalue weighted by molar-refractivity contribution is 0.180.